The van der Waals surface area contributed by atoms with E-state index in [9.17, 15) is 27.6 Å². The Labute approximate surface area is 613 Å². The van der Waals surface area contributed by atoms with Gasteiger partial charge < -0.3 is 20.1 Å². The van der Waals surface area contributed by atoms with Crippen LogP contribution >= 0.6 is 11.3 Å². The molecular weight excluding hydrogens is 1390 g/mol. The van der Waals surface area contributed by atoms with E-state index < -0.39 is 10.0 Å². The molecule has 548 valence electrons. The first-order chi connectivity index (χ1) is 51.7. The van der Waals surface area contributed by atoms with Crippen molar-refractivity contribution in [3.63, 3.8) is 0 Å². The fourth-order valence-electron chi connectivity index (χ4n) is 17.0. The number of rotatable bonds is 18. The number of aromatic amines is 5. The van der Waals surface area contributed by atoms with Gasteiger partial charge in [-0.1, -0.05) is 73.9 Å². The van der Waals surface area contributed by atoms with Crippen molar-refractivity contribution in [2.24, 2.45) is 41.4 Å². The quantitative estimate of drug-likeness (QED) is 0.0370. The van der Waals surface area contributed by atoms with Crippen molar-refractivity contribution in [2.45, 2.75) is 132 Å². The molecule has 9 aliphatic rings. The lowest BCUT2D eigenvalue weighted by Crippen LogP contribution is -2.59. The van der Waals surface area contributed by atoms with Crippen molar-refractivity contribution in [1.29, 1.82) is 0 Å². The molecule has 0 unspecified atom stereocenters. The summed E-state index contributed by atoms with van der Waals surface area (Å²) in [5, 5.41) is 76.9. The third-order valence-corrected chi connectivity index (χ3v) is 23.7. The van der Waals surface area contributed by atoms with Crippen LogP contribution in [-0.2, 0) is 25.9 Å². The maximum absolute atomic E-state index is 13.0. The molecule has 33 heteroatoms. The minimum atomic E-state index is -3.52. The second-order valence-corrected chi connectivity index (χ2v) is 31.4. The number of thiophene rings is 1. The molecule has 106 heavy (non-hydrogen) atoms. The molecule has 0 radical (unpaired) electrons. The smallest absolute Gasteiger partial charge is 0.338 e. The van der Waals surface area contributed by atoms with Gasteiger partial charge in [0.05, 0.1) is 29.7 Å². The number of methoxy groups -OCH3 is 1. The fraction of sp³-hybridized carbons (Fsp3) is 0.411. The highest BCUT2D eigenvalue weighted by Gasteiger charge is 2.53. The molecule has 20 rings (SSSR count). The van der Waals surface area contributed by atoms with Crippen LogP contribution in [-0.4, -0.2) is 167 Å². The van der Waals surface area contributed by atoms with Crippen molar-refractivity contribution >= 4 is 45.1 Å². The molecule has 8 N–H and O–H groups in total. The van der Waals surface area contributed by atoms with Gasteiger partial charge in [-0.3, -0.25) is 9.59 Å². The number of tetrazole rings is 5. The molecular formula is C73H81N23O8S2. The number of amides is 2. The van der Waals surface area contributed by atoms with Gasteiger partial charge in [0.1, 0.15) is 0 Å². The lowest BCUT2D eigenvalue weighted by molar-refractivity contribution is -0.0167. The van der Waals surface area contributed by atoms with Gasteiger partial charge in [0.2, 0.25) is 39.1 Å². The Bertz CT molecular complexity index is 4670. The maximum Gasteiger partial charge on any atom is 0.338 e. The largest absolute Gasteiger partial charge is 0.465 e. The van der Waals surface area contributed by atoms with E-state index in [1.54, 1.807) is 96.3 Å². The van der Waals surface area contributed by atoms with Crippen molar-refractivity contribution in [1.82, 2.24) is 118 Å². The Morgan fingerprint density at radius 3 is 1.20 bits per heavy atom. The molecule has 2 amide bonds. The van der Waals surface area contributed by atoms with Gasteiger partial charge >= 0.3 is 11.9 Å². The summed E-state index contributed by atoms with van der Waals surface area (Å²) in [6.07, 6.45) is 21.7. The first kappa shape index (κ1) is 71.9. The summed E-state index contributed by atoms with van der Waals surface area (Å²) in [6.45, 7) is 1.16. The molecule has 5 aromatic carbocycles. The highest BCUT2D eigenvalue weighted by Crippen LogP contribution is 2.57. The molecule has 0 aliphatic heterocycles. The number of nitrogens with one attached hydrogen (secondary N) is 8. The highest BCUT2D eigenvalue weighted by molar-refractivity contribution is 7.89. The van der Waals surface area contributed by atoms with E-state index >= 15 is 0 Å². The number of nitrogens with zero attached hydrogens (tertiary/aromatic N) is 15. The van der Waals surface area contributed by atoms with Crippen LogP contribution in [0.3, 0.4) is 0 Å². The molecule has 6 aromatic heterocycles. The summed E-state index contributed by atoms with van der Waals surface area (Å²) in [5.74, 6) is 7.11. The SMILES string of the molecule is COC(=O)c1ccc(-c2nn[nH]n2)cc1.O=C(NC12CC3CC(CC(C3)C1)C2)c1ccc(-c2nn[nH]n2)cc1.O=C(NCC1CCCCC1)c1ccc(-c2nn[nH]n2)cc1.O=C(OCCc1cccs1)c1ccc(-c2nn[nH]n2)cc1.O=S(=O)(NC12CC3CC(CC(C3)C1)C2)c1ccc(-c2nn[nH]n2)cc1. The van der Waals surface area contributed by atoms with Gasteiger partial charge in [-0.25, -0.2) is 22.7 Å². The van der Waals surface area contributed by atoms with E-state index in [-0.39, 0.29) is 34.8 Å². The summed E-state index contributed by atoms with van der Waals surface area (Å²) >= 11 is 1.66. The number of sulfonamides is 1. The van der Waals surface area contributed by atoms with Crippen LogP contribution in [0.1, 0.15) is 155 Å². The monoisotopic (exact) mass is 1470 g/mol. The normalized spacial score (nSPS) is 22.2. The Balaban J connectivity index is 0.000000112. The summed E-state index contributed by atoms with van der Waals surface area (Å²) in [4.78, 5) is 49.4. The lowest BCUT2D eigenvalue weighted by atomic mass is 9.53. The Morgan fingerprint density at radius 1 is 0.462 bits per heavy atom. The van der Waals surface area contributed by atoms with Gasteiger partial charge in [-0.05, 0) is 242 Å². The van der Waals surface area contributed by atoms with Crippen molar-refractivity contribution in [3.05, 3.63) is 166 Å². The van der Waals surface area contributed by atoms with Gasteiger partial charge in [0, 0.05) is 67.9 Å². The summed E-state index contributed by atoms with van der Waals surface area (Å²) in [6, 6.07) is 39.1. The highest BCUT2D eigenvalue weighted by atomic mass is 32.2. The maximum atomic E-state index is 13.0. The topological polar surface area (TPSA) is 429 Å². The summed E-state index contributed by atoms with van der Waals surface area (Å²) in [7, 11) is -2.18. The van der Waals surface area contributed by atoms with Crippen LogP contribution in [0.2, 0.25) is 0 Å². The minimum absolute atomic E-state index is 0.0137. The zero-order chi connectivity index (χ0) is 72.9. The van der Waals surface area contributed by atoms with E-state index in [0.29, 0.717) is 86.5 Å². The first-order valence-corrected chi connectivity index (χ1v) is 38.2. The van der Waals surface area contributed by atoms with Crippen LogP contribution in [0.4, 0.5) is 0 Å². The molecule has 11 aromatic rings. The molecule has 8 bridgehead atoms. The summed E-state index contributed by atoms with van der Waals surface area (Å²) in [5.41, 5.74) is 6.22. The van der Waals surface area contributed by atoms with Crippen LogP contribution in [0.15, 0.2) is 144 Å². The van der Waals surface area contributed by atoms with Crippen LogP contribution in [0.5, 0.6) is 0 Å². The Morgan fingerprint density at radius 2 is 0.830 bits per heavy atom. The molecule has 9 fully saturated rings. The van der Waals surface area contributed by atoms with Gasteiger partial charge in [0.15, 0.2) is 0 Å². The molecule has 0 atom stereocenters. The van der Waals surface area contributed by atoms with Crippen LogP contribution < -0.4 is 15.4 Å². The van der Waals surface area contributed by atoms with E-state index in [4.69, 9.17) is 4.74 Å². The van der Waals surface area contributed by atoms with Gasteiger partial charge in [-0.15, -0.1) is 62.3 Å². The van der Waals surface area contributed by atoms with E-state index in [1.807, 2.05) is 53.9 Å². The number of aromatic nitrogens is 20. The standard InChI is InChI=1S/C18H21N5O.C17H21N5O2S.C15H19N5O.C14H12N4O2S.C9H8N4O2/c24-17(15-3-1-14(2-4-15)16-20-22-23-21-16)19-18-8-11-5-12(9-18)7-13(6-11)10-18;23-25(24,15-3-1-14(2-4-15)16-18-21-22-19-16)20-17-8-11-5-12(9-17)7-13(6-11)10-17;21-15(16-10-11-4-2-1-3-5-11)13-8-6-12(7-9-13)14-17-19-20-18-14;19-14(20-8-7-12-2-1-9-21-12)11-5-3-10(4-6-11)13-15-17-18-16-13;1-15-9(14)7-4-2-6(3-5-7)8-10-12-13-11-8/h1-4,11-13H,5-10H2,(H,19,24)(H,20,21,22,23);1-4,11-13,20H,5-10H2,(H,18,19,21,22);6-9,11H,1-5,10H2,(H,16,21)(H,17,18,19,20);1-6,9H,7-8H2,(H,15,16,17,18);2-5H,1H3,(H,10,11,12,13). The van der Waals surface area contributed by atoms with Crippen molar-refractivity contribution in [3.8, 4) is 56.9 Å². The number of carbonyl (C=O) groups is 4. The first-order valence-electron chi connectivity index (χ1n) is 35.8. The van der Waals surface area contributed by atoms with Crippen LogP contribution in [0, 0.1) is 41.4 Å². The summed E-state index contributed by atoms with van der Waals surface area (Å²) < 4.78 is 38.8. The van der Waals surface area contributed by atoms with Gasteiger partial charge in [0.25, 0.3) is 11.8 Å². The van der Waals surface area contributed by atoms with Crippen LogP contribution in [0.25, 0.3) is 56.9 Å². The average molecular weight is 1470 g/mol. The average Bonchev–Trinajstić information content (AvgIpc) is 0.877. The van der Waals surface area contributed by atoms with Crippen molar-refractivity contribution in [2.75, 3.05) is 20.3 Å². The molecule has 0 spiro atoms. The number of esters is 2. The molecule has 9 aliphatic carbocycles. The number of carbonyl (C=O) groups excluding carboxylic acids is 4. The number of H-pyrrole nitrogens is 5. The van der Waals surface area contributed by atoms with E-state index in [2.05, 4.69) is 123 Å². The third-order valence-electron chi connectivity index (χ3n) is 21.1. The third kappa shape index (κ3) is 18.0. The predicted molar refractivity (Wildman–Crippen MR) is 386 cm³/mol. The Kier molecular flexibility index (Phi) is 22.3. The van der Waals surface area contributed by atoms with E-state index in [0.717, 1.165) is 77.8 Å². The molecule has 6 heterocycles. The fourth-order valence-corrected chi connectivity index (χ4v) is 19.2. The zero-order valence-electron chi connectivity index (χ0n) is 58.3. The minimum Gasteiger partial charge on any atom is -0.465 e. The molecule has 31 nitrogen and oxygen atoms in total. The molecule has 0 saturated heterocycles. The van der Waals surface area contributed by atoms with Gasteiger partial charge in [-0.2, -0.15) is 26.1 Å². The predicted octanol–water partition coefficient (Wildman–Crippen LogP) is 9.84. The number of ether oxygens (including phenoxy) is 2. The molecule has 9 saturated carbocycles. The second kappa shape index (κ2) is 32.9. The van der Waals surface area contributed by atoms with Crippen molar-refractivity contribution < 1.29 is 37.1 Å². The Hall–Kier alpha value is -11.1. The number of hydrogen-bond acceptors (Lipinski definition) is 24. The lowest BCUT2D eigenvalue weighted by Gasteiger charge is -2.56. The second-order valence-electron chi connectivity index (χ2n) is 28.6. The zero-order valence-corrected chi connectivity index (χ0v) is 59.9. The number of benzene rings is 5. The number of hydrogen-bond donors (Lipinski definition) is 8. The van der Waals surface area contributed by atoms with E-state index in [1.165, 1.54) is 102 Å².